The number of benzene rings is 2. The van der Waals surface area contributed by atoms with Gasteiger partial charge in [0.05, 0.1) is 23.9 Å². The highest BCUT2D eigenvalue weighted by Gasteiger charge is 2.31. The van der Waals surface area contributed by atoms with Crippen LogP contribution in [0.15, 0.2) is 30.3 Å². The van der Waals surface area contributed by atoms with Gasteiger partial charge in [-0.3, -0.25) is 0 Å². The Balaban J connectivity index is 1.63. The van der Waals surface area contributed by atoms with Crippen molar-refractivity contribution in [1.29, 1.82) is 0 Å². The van der Waals surface area contributed by atoms with Crippen LogP contribution in [0.1, 0.15) is 29.8 Å². The van der Waals surface area contributed by atoms with Crippen LogP contribution in [-0.2, 0) is 17.5 Å². The Kier molecular flexibility index (Phi) is 6.46. The maximum atomic E-state index is 13.1. The van der Waals surface area contributed by atoms with Gasteiger partial charge >= 0.3 is 6.18 Å². The number of nitrogens with zero attached hydrogens (tertiary/aromatic N) is 2. The topological polar surface area (TPSA) is 94.3 Å². The molecule has 2 heterocycles. The van der Waals surface area contributed by atoms with Crippen LogP contribution < -0.4 is 21.1 Å². The molecule has 0 atom stereocenters. The molecular weight excluding hydrogens is 435 g/mol. The van der Waals surface area contributed by atoms with Crippen molar-refractivity contribution in [2.45, 2.75) is 38.5 Å². The summed E-state index contributed by atoms with van der Waals surface area (Å²) in [6.07, 6.45) is -2.67. The van der Waals surface area contributed by atoms with E-state index in [2.05, 4.69) is 20.6 Å². The van der Waals surface area contributed by atoms with Crippen molar-refractivity contribution in [3.8, 4) is 5.75 Å². The first kappa shape index (κ1) is 22.9. The third-order valence-electron chi connectivity index (χ3n) is 5.51. The van der Waals surface area contributed by atoms with Crippen molar-refractivity contribution < 1.29 is 22.6 Å². The molecule has 0 radical (unpaired) electrons. The summed E-state index contributed by atoms with van der Waals surface area (Å²) in [6.45, 7) is 3.30. The van der Waals surface area contributed by atoms with Gasteiger partial charge in [0, 0.05) is 36.9 Å². The van der Waals surface area contributed by atoms with E-state index in [9.17, 15) is 13.2 Å². The molecule has 2 aromatic carbocycles. The van der Waals surface area contributed by atoms with Gasteiger partial charge in [-0.15, -0.1) is 0 Å². The first-order valence-corrected chi connectivity index (χ1v) is 10.6. The number of ether oxygens (including phenoxy) is 2. The first-order chi connectivity index (χ1) is 15.7. The molecule has 4 N–H and O–H groups in total. The van der Waals surface area contributed by atoms with E-state index < -0.39 is 11.7 Å². The van der Waals surface area contributed by atoms with Crippen molar-refractivity contribution in [2.75, 3.05) is 36.7 Å². The summed E-state index contributed by atoms with van der Waals surface area (Å²) in [5.74, 6) is 1.67. The van der Waals surface area contributed by atoms with E-state index in [1.165, 1.54) is 6.07 Å². The van der Waals surface area contributed by atoms with Gasteiger partial charge in [-0.25, -0.2) is 9.97 Å². The zero-order valence-electron chi connectivity index (χ0n) is 18.4. The van der Waals surface area contributed by atoms with Crippen LogP contribution >= 0.6 is 0 Å². The van der Waals surface area contributed by atoms with E-state index in [4.69, 9.17) is 15.2 Å². The predicted molar refractivity (Wildman–Crippen MR) is 121 cm³/mol. The van der Waals surface area contributed by atoms with Crippen LogP contribution in [-0.4, -0.2) is 36.3 Å². The fraction of sp³-hybridized carbons (Fsp3) is 0.391. The number of hydrogen-bond donors (Lipinski definition) is 3. The minimum atomic E-state index is -4.47. The average Bonchev–Trinajstić information content (AvgIpc) is 2.76. The average molecular weight is 461 g/mol. The number of hydrogen-bond acceptors (Lipinski definition) is 7. The van der Waals surface area contributed by atoms with Gasteiger partial charge in [0.15, 0.2) is 0 Å². The number of nitrogen functional groups attached to an aromatic ring is 1. The molecule has 1 aliphatic rings. The Morgan fingerprint density at radius 2 is 1.88 bits per heavy atom. The predicted octanol–water partition coefficient (Wildman–Crippen LogP) is 4.75. The molecule has 3 aromatic rings. The Labute approximate surface area is 189 Å². The fourth-order valence-corrected chi connectivity index (χ4v) is 3.92. The molecule has 0 bridgehead atoms. The summed E-state index contributed by atoms with van der Waals surface area (Å²) in [5.41, 5.74) is 6.88. The largest absolute Gasteiger partial charge is 0.495 e. The van der Waals surface area contributed by atoms with Crippen molar-refractivity contribution >= 4 is 28.1 Å². The van der Waals surface area contributed by atoms with Crippen LogP contribution in [0.25, 0.3) is 10.9 Å². The normalized spacial score (nSPS) is 14.9. The van der Waals surface area contributed by atoms with E-state index in [-0.39, 0.29) is 18.3 Å². The number of aryl methyl sites for hydroxylation is 1. The molecule has 0 amide bonds. The molecule has 0 aliphatic carbocycles. The lowest BCUT2D eigenvalue weighted by molar-refractivity contribution is -0.137. The van der Waals surface area contributed by atoms with Gasteiger partial charge in [-0.1, -0.05) is 0 Å². The fourth-order valence-electron chi connectivity index (χ4n) is 3.92. The molecule has 0 spiro atoms. The Morgan fingerprint density at radius 3 is 2.58 bits per heavy atom. The quantitative estimate of drug-likeness (QED) is 0.456. The van der Waals surface area contributed by atoms with Crippen LogP contribution in [0.3, 0.4) is 0 Å². The second-order valence-electron chi connectivity index (χ2n) is 8.03. The number of fused-ring (bicyclic) bond motifs is 1. The van der Waals surface area contributed by atoms with E-state index in [0.29, 0.717) is 47.1 Å². The van der Waals surface area contributed by atoms with E-state index in [1.807, 2.05) is 12.1 Å². The summed E-state index contributed by atoms with van der Waals surface area (Å²) in [6, 6.07) is 7.53. The Bertz CT molecular complexity index is 1150. The SMILES string of the molecule is COc1cc2c(NCc3cc(N)cc(C(F)(F)F)c3)nc(C)nc2cc1NC1CCOCC1. The smallest absolute Gasteiger partial charge is 0.416 e. The lowest BCUT2D eigenvalue weighted by Crippen LogP contribution is -2.28. The van der Waals surface area contributed by atoms with Crippen molar-refractivity contribution in [2.24, 2.45) is 0 Å². The molecule has 176 valence electrons. The van der Waals surface area contributed by atoms with Gasteiger partial charge in [-0.05, 0) is 55.7 Å². The molecule has 4 rings (SSSR count). The molecule has 10 heteroatoms. The standard InChI is InChI=1S/C23H26F3N5O2/c1-13-29-19-11-20(31-17-3-5-33-6-4-17)21(32-2)10-18(19)22(30-13)28-12-14-7-15(23(24,25)26)9-16(27)8-14/h7-11,17,31H,3-6,12,27H2,1-2H3,(H,28,29,30). The molecule has 7 nitrogen and oxygen atoms in total. The van der Waals surface area contributed by atoms with Crippen LogP contribution in [0.2, 0.25) is 0 Å². The van der Waals surface area contributed by atoms with Gasteiger partial charge in [0.1, 0.15) is 17.4 Å². The van der Waals surface area contributed by atoms with Crippen LogP contribution in [0.5, 0.6) is 5.75 Å². The summed E-state index contributed by atoms with van der Waals surface area (Å²) >= 11 is 0. The molecule has 1 saturated heterocycles. The van der Waals surface area contributed by atoms with Gasteiger partial charge < -0.3 is 25.8 Å². The monoisotopic (exact) mass is 461 g/mol. The lowest BCUT2D eigenvalue weighted by atomic mass is 10.1. The van der Waals surface area contributed by atoms with E-state index >= 15 is 0 Å². The summed E-state index contributed by atoms with van der Waals surface area (Å²) < 4.78 is 50.4. The van der Waals surface area contributed by atoms with Gasteiger partial charge in [0.25, 0.3) is 0 Å². The molecular formula is C23H26F3N5O2. The van der Waals surface area contributed by atoms with Crippen molar-refractivity contribution in [3.05, 3.63) is 47.3 Å². The molecule has 0 unspecified atom stereocenters. The minimum absolute atomic E-state index is 0.0517. The molecule has 33 heavy (non-hydrogen) atoms. The van der Waals surface area contributed by atoms with Gasteiger partial charge in [0.2, 0.25) is 0 Å². The van der Waals surface area contributed by atoms with Gasteiger partial charge in [-0.2, -0.15) is 13.2 Å². The van der Waals surface area contributed by atoms with E-state index in [0.717, 1.165) is 30.7 Å². The number of nitrogens with one attached hydrogen (secondary N) is 2. The second kappa shape index (κ2) is 9.30. The number of nitrogens with two attached hydrogens (primary N) is 1. The molecule has 0 saturated carbocycles. The number of anilines is 3. The molecule has 1 fully saturated rings. The third-order valence-corrected chi connectivity index (χ3v) is 5.51. The van der Waals surface area contributed by atoms with Crippen molar-refractivity contribution in [3.63, 3.8) is 0 Å². The number of halogens is 3. The highest BCUT2D eigenvalue weighted by molar-refractivity contribution is 5.93. The Morgan fingerprint density at radius 1 is 1.12 bits per heavy atom. The number of rotatable bonds is 6. The minimum Gasteiger partial charge on any atom is -0.495 e. The second-order valence-corrected chi connectivity index (χ2v) is 8.03. The number of aromatic nitrogens is 2. The van der Waals surface area contributed by atoms with E-state index in [1.54, 1.807) is 14.0 Å². The molecule has 1 aromatic heterocycles. The highest BCUT2D eigenvalue weighted by atomic mass is 19.4. The summed E-state index contributed by atoms with van der Waals surface area (Å²) in [4.78, 5) is 9.00. The zero-order valence-corrected chi connectivity index (χ0v) is 18.4. The van der Waals surface area contributed by atoms with Crippen LogP contribution in [0.4, 0.5) is 30.4 Å². The third kappa shape index (κ3) is 5.39. The maximum Gasteiger partial charge on any atom is 0.416 e. The summed E-state index contributed by atoms with van der Waals surface area (Å²) in [5, 5.41) is 7.35. The first-order valence-electron chi connectivity index (χ1n) is 10.6. The van der Waals surface area contributed by atoms with Crippen molar-refractivity contribution in [1.82, 2.24) is 9.97 Å². The summed E-state index contributed by atoms with van der Waals surface area (Å²) in [7, 11) is 1.59. The Hall–Kier alpha value is -3.27. The zero-order chi connectivity index (χ0) is 23.6. The number of methoxy groups -OCH3 is 1. The number of alkyl halides is 3. The lowest BCUT2D eigenvalue weighted by Gasteiger charge is -2.25. The van der Waals surface area contributed by atoms with Crippen LogP contribution in [0, 0.1) is 6.92 Å². The maximum absolute atomic E-state index is 13.1. The highest BCUT2D eigenvalue weighted by Crippen LogP contribution is 2.35. The molecule has 1 aliphatic heterocycles.